The first-order valence-electron chi connectivity index (χ1n) is 9.98. The first-order chi connectivity index (χ1) is 12.8. The number of rotatable bonds is 7. The first-order valence-corrected chi connectivity index (χ1v) is 9.98. The highest BCUT2D eigenvalue weighted by Crippen LogP contribution is 2.31. The van der Waals surface area contributed by atoms with E-state index in [1.165, 1.54) is 24.9 Å². The van der Waals surface area contributed by atoms with Gasteiger partial charge in [-0.3, -0.25) is 4.90 Å². The van der Waals surface area contributed by atoms with Gasteiger partial charge < -0.3 is 14.4 Å². The summed E-state index contributed by atoms with van der Waals surface area (Å²) in [6.07, 6.45) is 12.6. The van der Waals surface area contributed by atoms with Gasteiger partial charge in [0, 0.05) is 39.3 Å². The number of para-hydroxylation sites is 2. The second-order valence-corrected chi connectivity index (χ2v) is 7.40. The maximum atomic E-state index is 6.14. The van der Waals surface area contributed by atoms with Crippen molar-refractivity contribution in [2.45, 2.75) is 44.1 Å². The SMILES string of the molecule is C#CC1(OCCCN2CCN(c3ccccc3OC)CC2)CCCCC1. The molecule has 0 N–H and O–H groups in total. The molecule has 4 nitrogen and oxygen atoms in total. The van der Waals surface area contributed by atoms with E-state index >= 15 is 0 Å². The highest BCUT2D eigenvalue weighted by molar-refractivity contribution is 5.58. The number of hydrogen-bond donors (Lipinski definition) is 0. The van der Waals surface area contributed by atoms with E-state index in [0.29, 0.717) is 0 Å². The zero-order valence-electron chi connectivity index (χ0n) is 16.1. The van der Waals surface area contributed by atoms with Crippen LogP contribution in [0.5, 0.6) is 5.75 Å². The van der Waals surface area contributed by atoms with Crippen LogP contribution in [0, 0.1) is 12.3 Å². The van der Waals surface area contributed by atoms with Crippen LogP contribution in [0.1, 0.15) is 38.5 Å². The molecule has 0 unspecified atom stereocenters. The van der Waals surface area contributed by atoms with Crippen LogP contribution in [0.3, 0.4) is 0 Å². The van der Waals surface area contributed by atoms with Crippen molar-refractivity contribution < 1.29 is 9.47 Å². The summed E-state index contributed by atoms with van der Waals surface area (Å²) >= 11 is 0. The number of terminal acetylenes is 1. The highest BCUT2D eigenvalue weighted by atomic mass is 16.5. The second kappa shape index (κ2) is 9.30. The Morgan fingerprint density at radius 2 is 1.81 bits per heavy atom. The Morgan fingerprint density at radius 1 is 1.08 bits per heavy atom. The summed E-state index contributed by atoms with van der Waals surface area (Å²) in [7, 11) is 1.74. The van der Waals surface area contributed by atoms with Gasteiger partial charge in [0.05, 0.1) is 12.8 Å². The van der Waals surface area contributed by atoms with E-state index in [1.807, 2.05) is 12.1 Å². The lowest BCUT2D eigenvalue weighted by Gasteiger charge is -2.37. The van der Waals surface area contributed by atoms with Gasteiger partial charge >= 0.3 is 0 Å². The summed E-state index contributed by atoms with van der Waals surface area (Å²) in [4.78, 5) is 4.94. The molecule has 1 saturated heterocycles. The molecule has 26 heavy (non-hydrogen) atoms. The van der Waals surface area contributed by atoms with Crippen LogP contribution >= 0.6 is 0 Å². The maximum absolute atomic E-state index is 6.14. The van der Waals surface area contributed by atoms with Crippen molar-refractivity contribution in [1.82, 2.24) is 4.90 Å². The molecule has 0 radical (unpaired) electrons. The van der Waals surface area contributed by atoms with Crippen LogP contribution in [-0.2, 0) is 4.74 Å². The largest absolute Gasteiger partial charge is 0.495 e. The fourth-order valence-electron chi connectivity index (χ4n) is 4.11. The molecular weight excluding hydrogens is 324 g/mol. The van der Waals surface area contributed by atoms with Crippen LogP contribution in [0.4, 0.5) is 5.69 Å². The lowest BCUT2D eigenvalue weighted by molar-refractivity contribution is -0.0291. The molecule has 0 aromatic heterocycles. The molecule has 2 aliphatic rings. The van der Waals surface area contributed by atoms with Crippen LogP contribution in [-0.4, -0.2) is 56.9 Å². The van der Waals surface area contributed by atoms with Crippen molar-refractivity contribution in [3.8, 4) is 18.1 Å². The third-order valence-corrected chi connectivity index (χ3v) is 5.72. The number of methoxy groups -OCH3 is 1. The molecule has 0 atom stereocenters. The molecule has 2 fully saturated rings. The molecule has 1 aromatic rings. The molecule has 1 heterocycles. The van der Waals surface area contributed by atoms with Crippen LogP contribution in [0.25, 0.3) is 0 Å². The number of hydrogen-bond acceptors (Lipinski definition) is 4. The van der Waals surface area contributed by atoms with Crippen molar-refractivity contribution in [1.29, 1.82) is 0 Å². The van der Waals surface area contributed by atoms with Crippen LogP contribution in [0.2, 0.25) is 0 Å². The van der Waals surface area contributed by atoms with Gasteiger partial charge in [0.15, 0.2) is 0 Å². The lowest BCUT2D eigenvalue weighted by Crippen LogP contribution is -2.47. The van der Waals surface area contributed by atoms with Gasteiger partial charge in [-0.1, -0.05) is 24.5 Å². The summed E-state index contributed by atoms with van der Waals surface area (Å²) in [6, 6.07) is 8.28. The minimum Gasteiger partial charge on any atom is -0.495 e. The zero-order valence-corrected chi connectivity index (χ0v) is 16.1. The average Bonchev–Trinajstić information content (AvgIpc) is 2.72. The second-order valence-electron chi connectivity index (χ2n) is 7.40. The molecule has 4 heteroatoms. The molecule has 0 bridgehead atoms. The van der Waals surface area contributed by atoms with Crippen LogP contribution < -0.4 is 9.64 Å². The van der Waals surface area contributed by atoms with Crippen molar-refractivity contribution >= 4 is 5.69 Å². The molecule has 0 spiro atoms. The summed E-state index contributed by atoms with van der Waals surface area (Å²) < 4.78 is 11.6. The van der Waals surface area contributed by atoms with E-state index in [1.54, 1.807) is 7.11 Å². The molecule has 1 aliphatic carbocycles. The van der Waals surface area contributed by atoms with Crippen LogP contribution in [0.15, 0.2) is 24.3 Å². The van der Waals surface area contributed by atoms with Crippen molar-refractivity contribution in [2.24, 2.45) is 0 Å². The van der Waals surface area contributed by atoms with E-state index in [4.69, 9.17) is 15.9 Å². The van der Waals surface area contributed by atoms with Crippen molar-refractivity contribution in [2.75, 3.05) is 51.3 Å². The number of ether oxygens (including phenoxy) is 2. The van der Waals surface area contributed by atoms with Gasteiger partial charge in [0.25, 0.3) is 0 Å². The highest BCUT2D eigenvalue weighted by Gasteiger charge is 2.30. The molecule has 142 valence electrons. The van der Waals surface area contributed by atoms with Gasteiger partial charge in [-0.05, 0) is 44.2 Å². The standard InChI is InChI=1S/C22H32N2O2/c1-3-22(12-7-4-8-13-22)26-19-9-14-23-15-17-24(18-16-23)20-10-5-6-11-21(20)25-2/h1,5-6,10-11H,4,7-9,12-19H2,2H3. The van der Waals surface area contributed by atoms with Gasteiger partial charge in [0.1, 0.15) is 11.4 Å². The van der Waals surface area contributed by atoms with Gasteiger partial charge in [-0.2, -0.15) is 0 Å². The van der Waals surface area contributed by atoms with Crippen molar-refractivity contribution in [3.05, 3.63) is 24.3 Å². The topological polar surface area (TPSA) is 24.9 Å². The molecule has 0 amide bonds. The smallest absolute Gasteiger partial charge is 0.142 e. The van der Waals surface area contributed by atoms with E-state index < -0.39 is 0 Å². The predicted octanol–water partition coefficient (Wildman–Crippen LogP) is 3.56. The van der Waals surface area contributed by atoms with Crippen molar-refractivity contribution in [3.63, 3.8) is 0 Å². The van der Waals surface area contributed by atoms with Gasteiger partial charge in [0.2, 0.25) is 0 Å². The van der Waals surface area contributed by atoms with Gasteiger partial charge in [-0.25, -0.2) is 0 Å². The fraction of sp³-hybridized carbons (Fsp3) is 0.636. The third kappa shape index (κ3) is 4.72. The Labute approximate surface area is 158 Å². The first kappa shape index (κ1) is 19.1. The van der Waals surface area contributed by atoms with Gasteiger partial charge in [-0.15, -0.1) is 6.42 Å². The Kier molecular flexibility index (Phi) is 6.82. The van der Waals surface area contributed by atoms with E-state index in [0.717, 1.165) is 64.3 Å². The fourth-order valence-corrected chi connectivity index (χ4v) is 4.11. The summed E-state index contributed by atoms with van der Waals surface area (Å²) in [5, 5.41) is 0. The molecule has 1 aromatic carbocycles. The Bertz CT molecular complexity index is 596. The van der Waals surface area contributed by atoms with E-state index in [9.17, 15) is 0 Å². The summed E-state index contributed by atoms with van der Waals surface area (Å²) in [5.74, 6) is 3.90. The predicted molar refractivity (Wildman–Crippen MR) is 107 cm³/mol. The number of anilines is 1. The minimum absolute atomic E-state index is 0.277. The Hall–Kier alpha value is -1.70. The molecular formula is C22H32N2O2. The number of piperazine rings is 1. The minimum atomic E-state index is -0.277. The molecule has 1 saturated carbocycles. The average molecular weight is 357 g/mol. The van der Waals surface area contributed by atoms with E-state index in [-0.39, 0.29) is 5.60 Å². The summed E-state index contributed by atoms with van der Waals surface area (Å²) in [6.45, 7) is 6.10. The lowest BCUT2D eigenvalue weighted by atomic mass is 9.85. The normalized spacial score (nSPS) is 20.5. The Morgan fingerprint density at radius 3 is 2.50 bits per heavy atom. The number of benzene rings is 1. The zero-order chi connectivity index (χ0) is 18.2. The maximum Gasteiger partial charge on any atom is 0.142 e. The molecule has 3 rings (SSSR count). The Balaban J connectivity index is 1.39. The molecule has 1 aliphatic heterocycles. The number of nitrogens with zero attached hydrogens (tertiary/aromatic N) is 2. The quantitative estimate of drug-likeness (QED) is 0.551. The monoisotopic (exact) mass is 356 g/mol. The summed E-state index contributed by atoms with van der Waals surface area (Å²) in [5.41, 5.74) is 0.923. The third-order valence-electron chi connectivity index (χ3n) is 5.72. The van der Waals surface area contributed by atoms with E-state index in [2.05, 4.69) is 27.9 Å².